The zero-order valence-corrected chi connectivity index (χ0v) is 10.7. The molecule has 90 valence electrons. The van der Waals surface area contributed by atoms with Crippen molar-refractivity contribution in [1.82, 2.24) is 4.98 Å². The number of hydrogen-bond acceptors (Lipinski definition) is 3. The smallest absolute Gasteiger partial charge is 0.221 e. The van der Waals surface area contributed by atoms with Gasteiger partial charge in [0.2, 0.25) is 5.89 Å². The van der Waals surface area contributed by atoms with Gasteiger partial charge in [-0.25, -0.2) is 4.98 Å². The van der Waals surface area contributed by atoms with E-state index in [-0.39, 0.29) is 0 Å². The summed E-state index contributed by atoms with van der Waals surface area (Å²) in [5, 5.41) is 0. The average Bonchev–Trinajstić information content (AvgIpc) is 2.60. The molecular weight excluding hydrogens is 214 g/mol. The lowest BCUT2D eigenvalue weighted by atomic mass is 10.0. The number of oxazole rings is 1. The van der Waals surface area contributed by atoms with Gasteiger partial charge >= 0.3 is 0 Å². The van der Waals surface area contributed by atoms with Crippen LogP contribution >= 0.6 is 0 Å². The number of rotatable bonds is 3. The monoisotopic (exact) mass is 231 g/mol. The van der Waals surface area contributed by atoms with Crippen molar-refractivity contribution in [2.24, 2.45) is 0 Å². The Hall–Kier alpha value is -1.61. The predicted molar refractivity (Wildman–Crippen MR) is 66.9 cm³/mol. The van der Waals surface area contributed by atoms with E-state index >= 15 is 0 Å². The molecule has 17 heavy (non-hydrogen) atoms. The number of aryl methyl sites for hydroxylation is 3. The molecule has 1 aromatic heterocycles. The number of nitrogens with zero attached hydrogens (tertiary/aromatic N) is 1. The van der Waals surface area contributed by atoms with Crippen molar-refractivity contribution in [3.05, 3.63) is 40.9 Å². The van der Waals surface area contributed by atoms with Crippen LogP contribution in [0.15, 0.2) is 22.6 Å². The van der Waals surface area contributed by atoms with Crippen molar-refractivity contribution in [3.63, 3.8) is 0 Å². The quantitative estimate of drug-likeness (QED) is 0.812. The molecule has 0 aliphatic carbocycles. The molecule has 0 unspecified atom stereocenters. The van der Waals surface area contributed by atoms with E-state index in [1.165, 1.54) is 11.1 Å². The molecule has 0 spiro atoms. The lowest BCUT2D eigenvalue weighted by Gasteiger charge is -2.04. The van der Waals surface area contributed by atoms with E-state index < -0.39 is 0 Å². The molecule has 3 heteroatoms. The minimum Gasteiger partial charge on any atom is -0.438 e. The Bertz CT molecular complexity index is 529. The molecule has 0 saturated carbocycles. The minimum absolute atomic E-state index is 0.408. The number of methoxy groups -OCH3 is 1. The zero-order valence-electron chi connectivity index (χ0n) is 10.7. The van der Waals surface area contributed by atoms with E-state index in [1.54, 1.807) is 7.11 Å². The molecule has 0 saturated heterocycles. The Labute approximate surface area is 101 Å². The van der Waals surface area contributed by atoms with E-state index in [0.29, 0.717) is 12.5 Å². The van der Waals surface area contributed by atoms with E-state index in [4.69, 9.17) is 9.15 Å². The number of aromatic nitrogens is 1. The van der Waals surface area contributed by atoms with Gasteiger partial charge in [-0.1, -0.05) is 23.8 Å². The van der Waals surface area contributed by atoms with Crippen LogP contribution in [0.5, 0.6) is 0 Å². The average molecular weight is 231 g/mol. The normalized spacial score (nSPS) is 10.8. The number of ether oxygens (including phenoxy) is 1. The molecule has 0 aliphatic rings. The van der Waals surface area contributed by atoms with Gasteiger partial charge in [-0.2, -0.15) is 0 Å². The van der Waals surface area contributed by atoms with Crippen LogP contribution in [0, 0.1) is 20.8 Å². The third-order valence-electron chi connectivity index (χ3n) is 2.74. The maximum absolute atomic E-state index is 5.73. The second kappa shape index (κ2) is 4.72. The Balaban J connectivity index is 2.45. The second-order valence-electron chi connectivity index (χ2n) is 4.27. The van der Waals surface area contributed by atoms with E-state index in [0.717, 1.165) is 17.0 Å². The molecule has 0 aliphatic heterocycles. The lowest BCUT2D eigenvalue weighted by Crippen LogP contribution is -1.86. The molecule has 3 nitrogen and oxygen atoms in total. The summed E-state index contributed by atoms with van der Waals surface area (Å²) in [4.78, 5) is 4.35. The van der Waals surface area contributed by atoms with Crippen LogP contribution in [0.4, 0.5) is 0 Å². The van der Waals surface area contributed by atoms with Gasteiger partial charge in [-0.05, 0) is 26.3 Å². The fraction of sp³-hybridized carbons (Fsp3) is 0.357. The molecule has 2 aromatic rings. The van der Waals surface area contributed by atoms with Gasteiger partial charge in [0.15, 0.2) is 5.76 Å². The van der Waals surface area contributed by atoms with Crippen molar-refractivity contribution in [2.45, 2.75) is 27.4 Å². The van der Waals surface area contributed by atoms with Gasteiger partial charge in [0.25, 0.3) is 0 Å². The van der Waals surface area contributed by atoms with Crippen LogP contribution in [0.25, 0.3) is 11.3 Å². The standard InChI is InChI=1S/C14H17NO2/c1-9-5-6-12(10(2)7-9)14-11(3)15-13(17-14)8-16-4/h5-7H,8H2,1-4H3. The molecule has 2 rings (SSSR count). The largest absolute Gasteiger partial charge is 0.438 e. The molecule has 0 N–H and O–H groups in total. The first kappa shape index (κ1) is 11.9. The first-order valence-electron chi connectivity index (χ1n) is 5.64. The van der Waals surface area contributed by atoms with Crippen LogP contribution < -0.4 is 0 Å². The Morgan fingerprint density at radius 3 is 2.65 bits per heavy atom. The highest BCUT2D eigenvalue weighted by Gasteiger charge is 2.13. The molecule has 0 radical (unpaired) electrons. The van der Waals surface area contributed by atoms with Crippen LogP contribution in [-0.4, -0.2) is 12.1 Å². The van der Waals surface area contributed by atoms with E-state index in [1.807, 2.05) is 6.92 Å². The van der Waals surface area contributed by atoms with Crippen LogP contribution in [0.2, 0.25) is 0 Å². The number of benzene rings is 1. The highest BCUT2D eigenvalue weighted by Crippen LogP contribution is 2.28. The number of hydrogen-bond donors (Lipinski definition) is 0. The molecule has 0 fully saturated rings. The summed E-state index contributed by atoms with van der Waals surface area (Å²) in [7, 11) is 1.64. The molecule has 1 heterocycles. The van der Waals surface area contributed by atoms with Gasteiger partial charge in [0, 0.05) is 12.7 Å². The first-order valence-corrected chi connectivity index (χ1v) is 5.64. The summed E-state index contributed by atoms with van der Waals surface area (Å²) in [5.74, 6) is 1.47. The third kappa shape index (κ3) is 2.39. The molecule has 0 bridgehead atoms. The third-order valence-corrected chi connectivity index (χ3v) is 2.74. The van der Waals surface area contributed by atoms with Crippen LogP contribution in [0.1, 0.15) is 22.7 Å². The van der Waals surface area contributed by atoms with Gasteiger partial charge in [-0.3, -0.25) is 0 Å². The summed E-state index contributed by atoms with van der Waals surface area (Å²) in [6.07, 6.45) is 0. The van der Waals surface area contributed by atoms with Crippen molar-refractivity contribution in [3.8, 4) is 11.3 Å². The lowest BCUT2D eigenvalue weighted by molar-refractivity contribution is 0.160. The first-order chi connectivity index (χ1) is 8.11. The highest BCUT2D eigenvalue weighted by atomic mass is 16.5. The Morgan fingerprint density at radius 1 is 1.24 bits per heavy atom. The van der Waals surface area contributed by atoms with Crippen molar-refractivity contribution >= 4 is 0 Å². The highest BCUT2D eigenvalue weighted by molar-refractivity contribution is 5.64. The topological polar surface area (TPSA) is 35.3 Å². The molecule has 1 aromatic carbocycles. The fourth-order valence-electron chi connectivity index (χ4n) is 1.96. The molecular formula is C14H17NO2. The Morgan fingerprint density at radius 2 is 2.00 bits per heavy atom. The molecule has 0 atom stereocenters. The summed E-state index contributed by atoms with van der Waals surface area (Å²) >= 11 is 0. The van der Waals surface area contributed by atoms with Crippen LogP contribution in [0.3, 0.4) is 0 Å². The zero-order chi connectivity index (χ0) is 12.4. The van der Waals surface area contributed by atoms with E-state index in [2.05, 4.69) is 37.0 Å². The maximum atomic E-state index is 5.73. The minimum atomic E-state index is 0.408. The van der Waals surface area contributed by atoms with Gasteiger partial charge in [0.1, 0.15) is 6.61 Å². The van der Waals surface area contributed by atoms with Crippen molar-refractivity contribution < 1.29 is 9.15 Å². The van der Waals surface area contributed by atoms with Crippen LogP contribution in [-0.2, 0) is 11.3 Å². The SMILES string of the molecule is COCc1nc(C)c(-c2ccc(C)cc2C)o1. The Kier molecular flexibility index (Phi) is 3.29. The fourth-order valence-corrected chi connectivity index (χ4v) is 1.96. The summed E-state index contributed by atoms with van der Waals surface area (Å²) in [6, 6.07) is 6.31. The predicted octanol–water partition coefficient (Wildman–Crippen LogP) is 3.41. The summed E-state index contributed by atoms with van der Waals surface area (Å²) in [6.45, 7) is 6.53. The second-order valence-corrected chi connectivity index (χ2v) is 4.27. The van der Waals surface area contributed by atoms with Gasteiger partial charge in [-0.15, -0.1) is 0 Å². The summed E-state index contributed by atoms with van der Waals surface area (Å²) in [5.41, 5.74) is 4.46. The van der Waals surface area contributed by atoms with E-state index in [9.17, 15) is 0 Å². The molecule has 0 amide bonds. The summed E-state index contributed by atoms with van der Waals surface area (Å²) < 4.78 is 10.8. The van der Waals surface area contributed by atoms with Crippen molar-refractivity contribution in [2.75, 3.05) is 7.11 Å². The maximum Gasteiger partial charge on any atom is 0.221 e. The van der Waals surface area contributed by atoms with Gasteiger partial charge < -0.3 is 9.15 Å². The van der Waals surface area contributed by atoms with Crippen molar-refractivity contribution in [1.29, 1.82) is 0 Å². The van der Waals surface area contributed by atoms with Gasteiger partial charge in [0.05, 0.1) is 5.69 Å².